The molecule has 30 heavy (non-hydrogen) atoms. The minimum absolute atomic E-state index is 0.299. The molecular weight excluding hydrogens is 497 g/mol. The van der Waals surface area contributed by atoms with Crippen molar-refractivity contribution >= 4 is 34.2 Å². The van der Waals surface area contributed by atoms with Gasteiger partial charge in [0.05, 0.1) is 30.6 Å². The van der Waals surface area contributed by atoms with E-state index in [9.17, 15) is 4.79 Å². The van der Waals surface area contributed by atoms with Crippen LogP contribution in [-0.4, -0.2) is 27.2 Å². The van der Waals surface area contributed by atoms with Crippen LogP contribution in [0.3, 0.4) is 0 Å². The lowest BCUT2D eigenvalue weighted by Gasteiger charge is -2.15. The number of methoxy groups -OCH3 is 3. The van der Waals surface area contributed by atoms with Gasteiger partial charge in [0, 0.05) is 11.6 Å². The fourth-order valence-corrected chi connectivity index (χ4v) is 3.58. The molecule has 7 heteroatoms. The fraction of sp³-hybridized carbons (Fsp3) is 0.174. The van der Waals surface area contributed by atoms with Gasteiger partial charge in [-0.25, -0.2) is 0 Å². The zero-order valence-corrected chi connectivity index (χ0v) is 19.1. The summed E-state index contributed by atoms with van der Waals surface area (Å²) in [5, 5.41) is 2.86. The molecule has 0 aliphatic carbocycles. The van der Waals surface area contributed by atoms with Crippen LogP contribution in [0, 0.1) is 3.57 Å². The predicted molar refractivity (Wildman–Crippen MR) is 124 cm³/mol. The van der Waals surface area contributed by atoms with E-state index in [1.54, 1.807) is 51.7 Å². The first kappa shape index (κ1) is 21.8. The van der Waals surface area contributed by atoms with E-state index in [4.69, 9.17) is 18.9 Å². The second-order valence-corrected chi connectivity index (χ2v) is 7.45. The largest absolute Gasteiger partial charge is 0.497 e. The normalized spacial score (nSPS) is 10.3. The Morgan fingerprint density at radius 3 is 2.30 bits per heavy atom. The molecule has 0 aliphatic rings. The molecule has 0 heterocycles. The molecule has 0 aromatic heterocycles. The van der Waals surface area contributed by atoms with Gasteiger partial charge in [-0.15, -0.1) is 0 Å². The summed E-state index contributed by atoms with van der Waals surface area (Å²) in [5.74, 6) is 1.93. The van der Waals surface area contributed by atoms with Crippen LogP contribution < -0.4 is 24.3 Å². The lowest BCUT2D eigenvalue weighted by atomic mass is 10.1. The van der Waals surface area contributed by atoms with E-state index < -0.39 is 0 Å². The minimum atomic E-state index is -0.299. The molecule has 0 fully saturated rings. The molecule has 0 bridgehead atoms. The van der Waals surface area contributed by atoms with Crippen LogP contribution in [0.2, 0.25) is 0 Å². The number of ether oxygens (including phenoxy) is 4. The molecule has 0 radical (unpaired) electrons. The number of anilines is 1. The topological polar surface area (TPSA) is 66.0 Å². The summed E-state index contributed by atoms with van der Waals surface area (Å²) in [6, 6.07) is 18.5. The maximum absolute atomic E-state index is 12.9. The summed E-state index contributed by atoms with van der Waals surface area (Å²) >= 11 is 2.14. The van der Waals surface area contributed by atoms with E-state index >= 15 is 0 Å². The van der Waals surface area contributed by atoms with Gasteiger partial charge < -0.3 is 24.3 Å². The van der Waals surface area contributed by atoms with Gasteiger partial charge in [0.2, 0.25) is 0 Å². The Morgan fingerprint density at radius 2 is 1.63 bits per heavy atom. The van der Waals surface area contributed by atoms with Crippen molar-refractivity contribution in [2.45, 2.75) is 6.61 Å². The minimum Gasteiger partial charge on any atom is -0.497 e. The first-order valence-corrected chi connectivity index (χ1v) is 10.2. The Hall–Kier alpha value is -2.94. The quantitative estimate of drug-likeness (QED) is 0.418. The van der Waals surface area contributed by atoms with Crippen molar-refractivity contribution in [1.29, 1.82) is 0 Å². The SMILES string of the molecule is COc1ccc(OC)c(NC(=O)c2cc(I)c(OCc3ccccc3)c(OC)c2)c1. The van der Waals surface area contributed by atoms with Crippen molar-refractivity contribution in [3.05, 3.63) is 75.4 Å². The summed E-state index contributed by atoms with van der Waals surface area (Å²) in [6.45, 7) is 0.403. The molecule has 3 aromatic rings. The van der Waals surface area contributed by atoms with Crippen molar-refractivity contribution < 1.29 is 23.7 Å². The Labute approximate surface area is 189 Å². The molecule has 0 atom stereocenters. The van der Waals surface area contributed by atoms with E-state index in [2.05, 4.69) is 27.9 Å². The monoisotopic (exact) mass is 519 g/mol. The Morgan fingerprint density at radius 1 is 0.900 bits per heavy atom. The number of hydrogen-bond acceptors (Lipinski definition) is 5. The lowest BCUT2D eigenvalue weighted by Crippen LogP contribution is -2.13. The predicted octanol–water partition coefficient (Wildman–Crippen LogP) is 5.15. The van der Waals surface area contributed by atoms with E-state index in [1.807, 2.05) is 30.3 Å². The second kappa shape index (κ2) is 10.2. The zero-order chi connectivity index (χ0) is 21.5. The lowest BCUT2D eigenvalue weighted by molar-refractivity contribution is 0.102. The molecule has 0 aliphatic heterocycles. The molecule has 0 unspecified atom stereocenters. The van der Waals surface area contributed by atoms with Gasteiger partial charge >= 0.3 is 0 Å². The molecule has 156 valence electrons. The van der Waals surface area contributed by atoms with Crippen molar-refractivity contribution in [1.82, 2.24) is 0 Å². The van der Waals surface area contributed by atoms with Crippen molar-refractivity contribution in [2.75, 3.05) is 26.6 Å². The average Bonchev–Trinajstić information content (AvgIpc) is 2.78. The smallest absolute Gasteiger partial charge is 0.255 e. The standard InChI is InChI=1S/C23H22INO5/c1-27-17-9-10-20(28-2)19(13-17)25-23(26)16-11-18(24)22(21(12-16)29-3)30-14-15-7-5-4-6-8-15/h4-13H,14H2,1-3H3,(H,25,26). The van der Waals surface area contributed by atoms with Gasteiger partial charge in [-0.2, -0.15) is 0 Å². The third-order valence-corrected chi connectivity index (χ3v) is 5.17. The number of carbonyl (C=O) groups is 1. The molecule has 0 spiro atoms. The van der Waals surface area contributed by atoms with Crippen molar-refractivity contribution in [3.8, 4) is 23.0 Å². The van der Waals surface area contributed by atoms with Crippen molar-refractivity contribution in [2.24, 2.45) is 0 Å². The molecule has 3 aromatic carbocycles. The molecule has 6 nitrogen and oxygen atoms in total. The molecule has 3 rings (SSSR count). The van der Waals surface area contributed by atoms with Crippen LogP contribution in [0.4, 0.5) is 5.69 Å². The van der Waals surface area contributed by atoms with Crippen LogP contribution in [0.1, 0.15) is 15.9 Å². The van der Waals surface area contributed by atoms with Crippen LogP contribution in [0.15, 0.2) is 60.7 Å². The highest BCUT2D eigenvalue weighted by molar-refractivity contribution is 14.1. The molecular formula is C23H22INO5. The highest BCUT2D eigenvalue weighted by Crippen LogP contribution is 2.35. The highest BCUT2D eigenvalue weighted by Gasteiger charge is 2.17. The van der Waals surface area contributed by atoms with Crippen LogP contribution >= 0.6 is 22.6 Å². The Kier molecular flexibility index (Phi) is 7.40. The number of amides is 1. The van der Waals surface area contributed by atoms with Crippen LogP contribution in [0.25, 0.3) is 0 Å². The summed E-state index contributed by atoms with van der Waals surface area (Å²) in [4.78, 5) is 12.9. The summed E-state index contributed by atoms with van der Waals surface area (Å²) in [5.41, 5.74) is 2.00. The number of carbonyl (C=O) groups excluding carboxylic acids is 1. The van der Waals surface area contributed by atoms with Crippen LogP contribution in [-0.2, 0) is 6.61 Å². The number of benzene rings is 3. The van der Waals surface area contributed by atoms with E-state index in [1.165, 1.54) is 0 Å². The number of nitrogens with one attached hydrogen (secondary N) is 1. The Balaban J connectivity index is 1.83. The number of rotatable bonds is 8. The zero-order valence-electron chi connectivity index (χ0n) is 16.9. The maximum atomic E-state index is 12.9. The number of hydrogen-bond donors (Lipinski definition) is 1. The van der Waals surface area contributed by atoms with Crippen molar-refractivity contribution in [3.63, 3.8) is 0 Å². The third-order valence-electron chi connectivity index (χ3n) is 4.37. The van der Waals surface area contributed by atoms with Crippen LogP contribution in [0.5, 0.6) is 23.0 Å². The van der Waals surface area contributed by atoms with E-state index in [0.29, 0.717) is 40.9 Å². The van der Waals surface area contributed by atoms with E-state index in [-0.39, 0.29) is 5.91 Å². The maximum Gasteiger partial charge on any atom is 0.255 e. The van der Waals surface area contributed by atoms with Gasteiger partial charge in [-0.3, -0.25) is 4.79 Å². The third kappa shape index (κ3) is 5.15. The number of halogens is 1. The van der Waals surface area contributed by atoms with E-state index in [0.717, 1.165) is 9.13 Å². The van der Waals surface area contributed by atoms with Gasteiger partial charge in [0.1, 0.15) is 18.1 Å². The average molecular weight is 519 g/mol. The molecule has 1 amide bonds. The highest BCUT2D eigenvalue weighted by atomic mass is 127. The molecule has 1 N–H and O–H groups in total. The summed E-state index contributed by atoms with van der Waals surface area (Å²) in [6.07, 6.45) is 0. The van der Waals surface area contributed by atoms with Gasteiger partial charge in [-0.1, -0.05) is 30.3 Å². The second-order valence-electron chi connectivity index (χ2n) is 6.28. The first-order chi connectivity index (χ1) is 14.5. The van der Waals surface area contributed by atoms with Gasteiger partial charge in [0.15, 0.2) is 11.5 Å². The molecule has 0 saturated carbocycles. The summed E-state index contributed by atoms with van der Waals surface area (Å²) < 4.78 is 22.8. The first-order valence-electron chi connectivity index (χ1n) is 9.13. The Bertz CT molecular complexity index is 1020. The fourth-order valence-electron chi connectivity index (χ4n) is 2.83. The van der Waals surface area contributed by atoms with Gasteiger partial charge in [0.25, 0.3) is 5.91 Å². The van der Waals surface area contributed by atoms with Gasteiger partial charge in [-0.05, 0) is 52.4 Å². The summed E-state index contributed by atoms with van der Waals surface area (Å²) in [7, 11) is 4.66. The molecule has 0 saturated heterocycles.